The maximum Gasteiger partial charge on any atom is 0.124 e. The predicted molar refractivity (Wildman–Crippen MR) is 80.8 cm³/mol. The molecule has 0 fully saturated rings. The number of hydrogen-bond donors (Lipinski definition) is 2. The third-order valence-electron chi connectivity index (χ3n) is 2.85. The minimum Gasteiger partial charge on any atom is -0.389 e. The summed E-state index contributed by atoms with van der Waals surface area (Å²) in [5, 5.41) is 3.22. The first-order chi connectivity index (χ1) is 9.06. The van der Waals surface area contributed by atoms with Crippen molar-refractivity contribution < 1.29 is 4.39 Å². The Morgan fingerprint density at radius 1 is 1.21 bits per heavy atom. The van der Waals surface area contributed by atoms with E-state index >= 15 is 0 Å². The maximum absolute atomic E-state index is 13.2. The standard InChI is InChI=1S/C15H15FN2S/c1-10-2-4-11(5-3-10)9-18-14-7-6-12(16)8-13(14)15(17)19/h2-8,18H,9H2,1H3,(H2,17,19). The van der Waals surface area contributed by atoms with Crippen LogP contribution in [0.25, 0.3) is 0 Å². The van der Waals surface area contributed by atoms with Gasteiger partial charge in [0.1, 0.15) is 10.8 Å². The second kappa shape index (κ2) is 5.80. The van der Waals surface area contributed by atoms with Crippen LogP contribution >= 0.6 is 12.2 Å². The van der Waals surface area contributed by atoms with Crippen LogP contribution in [0.1, 0.15) is 16.7 Å². The maximum atomic E-state index is 13.2. The number of benzene rings is 2. The van der Waals surface area contributed by atoms with E-state index in [1.54, 1.807) is 6.07 Å². The summed E-state index contributed by atoms with van der Waals surface area (Å²) in [6.07, 6.45) is 0. The Morgan fingerprint density at radius 2 is 1.89 bits per heavy atom. The van der Waals surface area contributed by atoms with Gasteiger partial charge in [-0.2, -0.15) is 0 Å². The molecule has 2 aromatic rings. The van der Waals surface area contributed by atoms with Gasteiger partial charge in [0, 0.05) is 17.8 Å². The Morgan fingerprint density at radius 3 is 2.53 bits per heavy atom. The minimum atomic E-state index is -0.344. The van der Waals surface area contributed by atoms with Crippen molar-refractivity contribution in [2.45, 2.75) is 13.5 Å². The molecule has 2 nitrogen and oxygen atoms in total. The topological polar surface area (TPSA) is 38.0 Å². The highest BCUT2D eigenvalue weighted by atomic mass is 32.1. The van der Waals surface area contributed by atoms with Crippen LogP contribution in [-0.2, 0) is 6.54 Å². The lowest BCUT2D eigenvalue weighted by Crippen LogP contribution is -2.13. The van der Waals surface area contributed by atoms with Crippen LogP contribution in [0.4, 0.5) is 10.1 Å². The highest BCUT2D eigenvalue weighted by molar-refractivity contribution is 7.80. The fourth-order valence-electron chi connectivity index (χ4n) is 1.78. The molecule has 0 bridgehead atoms. The molecular weight excluding hydrogens is 259 g/mol. The summed E-state index contributed by atoms with van der Waals surface area (Å²) in [6, 6.07) is 12.6. The summed E-state index contributed by atoms with van der Waals surface area (Å²) in [5.41, 5.74) is 9.23. The molecule has 0 aliphatic carbocycles. The van der Waals surface area contributed by atoms with Crippen LogP contribution in [0.2, 0.25) is 0 Å². The SMILES string of the molecule is Cc1ccc(CNc2ccc(F)cc2C(N)=S)cc1. The van der Waals surface area contributed by atoms with Gasteiger partial charge in [-0.25, -0.2) is 4.39 Å². The minimum absolute atomic E-state index is 0.186. The van der Waals surface area contributed by atoms with Gasteiger partial charge in [-0.1, -0.05) is 42.0 Å². The molecule has 0 aliphatic rings. The zero-order chi connectivity index (χ0) is 13.8. The molecule has 2 rings (SSSR count). The Bertz CT molecular complexity index is 594. The molecule has 0 amide bonds. The summed E-state index contributed by atoms with van der Waals surface area (Å²) in [6.45, 7) is 2.68. The summed E-state index contributed by atoms with van der Waals surface area (Å²) in [5.74, 6) is -0.344. The molecule has 0 atom stereocenters. The highest BCUT2D eigenvalue weighted by Gasteiger charge is 2.06. The van der Waals surface area contributed by atoms with Crippen molar-refractivity contribution in [3.8, 4) is 0 Å². The second-order valence-corrected chi connectivity index (χ2v) is 4.83. The molecule has 0 aromatic heterocycles. The van der Waals surface area contributed by atoms with E-state index < -0.39 is 0 Å². The molecule has 19 heavy (non-hydrogen) atoms. The molecule has 0 spiro atoms. The van der Waals surface area contributed by atoms with Crippen molar-refractivity contribution in [1.29, 1.82) is 0 Å². The number of thiocarbonyl (C=S) groups is 1. The molecule has 2 aromatic carbocycles. The quantitative estimate of drug-likeness (QED) is 0.839. The van der Waals surface area contributed by atoms with Gasteiger partial charge in [0.05, 0.1) is 0 Å². The molecule has 0 saturated heterocycles. The Hall–Kier alpha value is -1.94. The van der Waals surface area contributed by atoms with E-state index in [0.717, 1.165) is 11.3 Å². The van der Waals surface area contributed by atoms with Crippen LogP contribution in [0, 0.1) is 12.7 Å². The number of aryl methyl sites for hydroxylation is 1. The number of halogens is 1. The fourth-order valence-corrected chi connectivity index (χ4v) is 1.95. The van der Waals surface area contributed by atoms with Gasteiger partial charge in [-0.15, -0.1) is 0 Å². The van der Waals surface area contributed by atoms with Gasteiger partial charge in [0.2, 0.25) is 0 Å². The van der Waals surface area contributed by atoms with Gasteiger partial charge >= 0.3 is 0 Å². The van der Waals surface area contributed by atoms with E-state index in [2.05, 4.69) is 17.4 Å². The van der Waals surface area contributed by atoms with Gasteiger partial charge in [0.15, 0.2) is 0 Å². The average Bonchev–Trinajstić information content (AvgIpc) is 2.39. The summed E-state index contributed by atoms with van der Waals surface area (Å²) >= 11 is 4.93. The zero-order valence-corrected chi connectivity index (χ0v) is 11.4. The fraction of sp³-hybridized carbons (Fsp3) is 0.133. The monoisotopic (exact) mass is 274 g/mol. The molecule has 0 unspecified atom stereocenters. The molecular formula is C15H15FN2S. The normalized spacial score (nSPS) is 10.2. The highest BCUT2D eigenvalue weighted by Crippen LogP contribution is 2.18. The van der Waals surface area contributed by atoms with Crippen LogP contribution in [0.15, 0.2) is 42.5 Å². The summed E-state index contributed by atoms with van der Waals surface area (Å²) in [7, 11) is 0. The first kappa shape index (κ1) is 13.5. The van der Waals surface area contributed by atoms with Crippen LogP contribution in [0.3, 0.4) is 0 Å². The average molecular weight is 274 g/mol. The van der Waals surface area contributed by atoms with E-state index in [1.807, 2.05) is 19.1 Å². The van der Waals surface area contributed by atoms with E-state index in [-0.39, 0.29) is 10.8 Å². The molecule has 3 N–H and O–H groups in total. The van der Waals surface area contributed by atoms with Crippen molar-refractivity contribution in [2.24, 2.45) is 5.73 Å². The van der Waals surface area contributed by atoms with Crippen molar-refractivity contribution in [1.82, 2.24) is 0 Å². The lowest BCUT2D eigenvalue weighted by atomic mass is 10.1. The number of nitrogens with one attached hydrogen (secondary N) is 1. The lowest BCUT2D eigenvalue weighted by Gasteiger charge is -2.11. The Labute approximate surface area is 117 Å². The summed E-state index contributed by atoms with van der Waals surface area (Å²) < 4.78 is 13.2. The largest absolute Gasteiger partial charge is 0.389 e. The summed E-state index contributed by atoms with van der Waals surface area (Å²) in [4.78, 5) is 0.186. The van der Waals surface area contributed by atoms with Crippen molar-refractivity contribution in [2.75, 3.05) is 5.32 Å². The van der Waals surface area contributed by atoms with Crippen molar-refractivity contribution in [3.05, 3.63) is 65.0 Å². The Kier molecular flexibility index (Phi) is 4.12. The first-order valence-corrected chi connectivity index (χ1v) is 6.36. The predicted octanol–water partition coefficient (Wildman–Crippen LogP) is 3.38. The lowest BCUT2D eigenvalue weighted by molar-refractivity contribution is 0.627. The first-order valence-electron chi connectivity index (χ1n) is 5.95. The molecule has 0 aliphatic heterocycles. The van der Waals surface area contributed by atoms with Gasteiger partial charge < -0.3 is 11.1 Å². The van der Waals surface area contributed by atoms with E-state index in [0.29, 0.717) is 12.1 Å². The Balaban J connectivity index is 2.15. The van der Waals surface area contributed by atoms with Crippen LogP contribution in [-0.4, -0.2) is 4.99 Å². The molecule has 98 valence electrons. The number of hydrogen-bond acceptors (Lipinski definition) is 2. The number of rotatable bonds is 4. The van der Waals surface area contributed by atoms with Gasteiger partial charge in [-0.05, 0) is 30.7 Å². The van der Waals surface area contributed by atoms with Crippen LogP contribution in [0.5, 0.6) is 0 Å². The zero-order valence-electron chi connectivity index (χ0n) is 10.6. The third-order valence-corrected chi connectivity index (χ3v) is 3.07. The molecule has 4 heteroatoms. The number of nitrogens with two attached hydrogens (primary N) is 1. The smallest absolute Gasteiger partial charge is 0.124 e. The number of anilines is 1. The third kappa shape index (κ3) is 3.51. The van der Waals surface area contributed by atoms with E-state index in [4.69, 9.17) is 18.0 Å². The molecule has 0 heterocycles. The van der Waals surface area contributed by atoms with Gasteiger partial charge in [-0.3, -0.25) is 0 Å². The van der Waals surface area contributed by atoms with Crippen molar-refractivity contribution in [3.63, 3.8) is 0 Å². The second-order valence-electron chi connectivity index (χ2n) is 4.39. The van der Waals surface area contributed by atoms with Crippen LogP contribution < -0.4 is 11.1 Å². The molecule has 0 radical (unpaired) electrons. The van der Waals surface area contributed by atoms with Gasteiger partial charge in [0.25, 0.3) is 0 Å². The van der Waals surface area contributed by atoms with Crippen molar-refractivity contribution >= 4 is 22.9 Å². The van der Waals surface area contributed by atoms with E-state index in [1.165, 1.54) is 17.7 Å². The van der Waals surface area contributed by atoms with E-state index in [9.17, 15) is 4.39 Å². The molecule has 0 saturated carbocycles.